The fourth-order valence-electron chi connectivity index (χ4n) is 3.25. The van der Waals surface area contributed by atoms with Crippen molar-refractivity contribution in [2.24, 2.45) is 0 Å². The van der Waals surface area contributed by atoms with E-state index in [0.29, 0.717) is 18.3 Å². The number of hydrogen-bond acceptors (Lipinski definition) is 7. The maximum atomic E-state index is 12.5. The highest BCUT2D eigenvalue weighted by Crippen LogP contribution is 2.31. The highest BCUT2D eigenvalue weighted by molar-refractivity contribution is 7.89. The molecule has 1 aromatic heterocycles. The zero-order valence-electron chi connectivity index (χ0n) is 16.6. The van der Waals surface area contributed by atoms with E-state index in [4.69, 9.17) is 16.0 Å². The molecule has 0 radical (unpaired) electrons. The number of anilines is 1. The molecule has 0 saturated carbocycles. The van der Waals surface area contributed by atoms with Gasteiger partial charge in [-0.05, 0) is 37.6 Å². The van der Waals surface area contributed by atoms with Gasteiger partial charge in [-0.2, -0.15) is 0 Å². The first-order valence-corrected chi connectivity index (χ1v) is 11.1. The van der Waals surface area contributed by atoms with Gasteiger partial charge < -0.3 is 9.73 Å². The number of aryl methyl sites for hydroxylation is 1. The summed E-state index contributed by atoms with van der Waals surface area (Å²) in [5.41, 5.74) is 0.269. The first-order chi connectivity index (χ1) is 13.7. The van der Waals surface area contributed by atoms with Gasteiger partial charge in [0.25, 0.3) is 0 Å². The number of carbonyl (C=O) groups excluding carboxylic acids is 1. The molecule has 2 aromatic rings. The number of rotatable bonds is 7. The van der Waals surface area contributed by atoms with Gasteiger partial charge in [0.05, 0.1) is 21.6 Å². The van der Waals surface area contributed by atoms with Gasteiger partial charge in [-0.3, -0.25) is 9.69 Å². The minimum atomic E-state index is -3.62. The van der Waals surface area contributed by atoms with Crippen LogP contribution in [0.5, 0.6) is 0 Å². The predicted octanol–water partition coefficient (Wildman–Crippen LogP) is 2.45. The number of sulfonamides is 1. The van der Waals surface area contributed by atoms with Gasteiger partial charge in [-0.15, -0.1) is 10.2 Å². The quantitative estimate of drug-likeness (QED) is 0.702. The molecule has 1 saturated heterocycles. The van der Waals surface area contributed by atoms with E-state index in [1.165, 1.54) is 32.3 Å². The number of halogens is 1. The minimum Gasteiger partial charge on any atom is -0.424 e. The Bertz CT molecular complexity index is 992. The smallest absolute Gasteiger partial charge is 0.242 e. The van der Waals surface area contributed by atoms with Gasteiger partial charge in [-0.25, -0.2) is 12.7 Å². The van der Waals surface area contributed by atoms with Crippen molar-refractivity contribution in [1.82, 2.24) is 19.4 Å². The molecule has 1 atom stereocenters. The highest BCUT2D eigenvalue weighted by Gasteiger charge is 2.30. The maximum absolute atomic E-state index is 12.5. The summed E-state index contributed by atoms with van der Waals surface area (Å²) < 4.78 is 31.2. The van der Waals surface area contributed by atoms with Gasteiger partial charge in [-0.1, -0.05) is 11.6 Å². The van der Waals surface area contributed by atoms with Gasteiger partial charge in [0.15, 0.2) is 0 Å². The van der Waals surface area contributed by atoms with E-state index < -0.39 is 10.0 Å². The van der Waals surface area contributed by atoms with Crippen molar-refractivity contribution in [3.8, 4) is 0 Å². The van der Waals surface area contributed by atoms with Gasteiger partial charge in [0.2, 0.25) is 27.7 Å². The van der Waals surface area contributed by atoms with Crippen molar-refractivity contribution in [1.29, 1.82) is 0 Å². The minimum absolute atomic E-state index is 0.0150. The van der Waals surface area contributed by atoms with Gasteiger partial charge in [0, 0.05) is 34.0 Å². The molecule has 1 N–H and O–H groups in total. The van der Waals surface area contributed by atoms with Crippen LogP contribution in [-0.2, 0) is 14.8 Å². The molecule has 9 nitrogen and oxygen atoms in total. The lowest BCUT2D eigenvalue weighted by Gasteiger charge is -2.21. The zero-order chi connectivity index (χ0) is 21.2. The van der Waals surface area contributed by atoms with Crippen LogP contribution in [0.2, 0.25) is 5.02 Å². The topological polar surface area (TPSA) is 109 Å². The Morgan fingerprint density at radius 3 is 2.79 bits per heavy atom. The first kappa shape index (κ1) is 21.7. The molecule has 0 bridgehead atoms. The van der Waals surface area contributed by atoms with Crippen LogP contribution in [0.3, 0.4) is 0 Å². The average molecular weight is 442 g/mol. The van der Waals surface area contributed by atoms with Crippen molar-refractivity contribution in [2.45, 2.75) is 37.1 Å². The summed E-state index contributed by atoms with van der Waals surface area (Å²) in [6, 6.07) is 4.26. The van der Waals surface area contributed by atoms with Crippen LogP contribution in [0.1, 0.15) is 37.1 Å². The number of nitrogens with one attached hydrogen (secondary N) is 1. The Morgan fingerprint density at radius 1 is 1.38 bits per heavy atom. The molecule has 2 heterocycles. The molecule has 1 amide bonds. The van der Waals surface area contributed by atoms with Crippen LogP contribution >= 0.6 is 11.6 Å². The second-order valence-corrected chi connectivity index (χ2v) is 9.64. The van der Waals surface area contributed by atoms with Crippen LogP contribution in [0, 0.1) is 6.92 Å². The van der Waals surface area contributed by atoms with Crippen molar-refractivity contribution in [2.75, 3.05) is 32.5 Å². The highest BCUT2D eigenvalue weighted by atomic mass is 35.5. The fraction of sp³-hybridized carbons (Fsp3) is 0.500. The Labute approximate surface area is 175 Å². The SMILES string of the molecule is Cc1nnc([C@H]2CCCN2CCC(=O)Nc2cc(S(=O)(=O)N(C)C)ccc2Cl)o1. The molecule has 29 heavy (non-hydrogen) atoms. The van der Waals surface area contributed by atoms with E-state index in [1.54, 1.807) is 6.92 Å². The molecule has 0 spiro atoms. The van der Waals surface area contributed by atoms with Crippen LogP contribution in [0.4, 0.5) is 5.69 Å². The molecular weight excluding hydrogens is 418 g/mol. The van der Waals surface area contributed by atoms with E-state index in [9.17, 15) is 13.2 Å². The number of likely N-dealkylation sites (tertiary alicyclic amines) is 1. The second kappa shape index (κ2) is 8.78. The molecule has 11 heteroatoms. The lowest BCUT2D eigenvalue weighted by atomic mass is 10.2. The lowest BCUT2D eigenvalue weighted by Crippen LogP contribution is -2.28. The molecule has 158 valence electrons. The number of hydrogen-bond donors (Lipinski definition) is 1. The first-order valence-electron chi connectivity index (χ1n) is 9.24. The van der Waals surface area contributed by atoms with Crippen molar-refractivity contribution in [3.63, 3.8) is 0 Å². The third-order valence-electron chi connectivity index (χ3n) is 4.81. The number of amides is 1. The predicted molar refractivity (Wildman–Crippen MR) is 108 cm³/mol. The number of nitrogens with zero attached hydrogens (tertiary/aromatic N) is 4. The molecule has 0 unspecified atom stereocenters. The van der Waals surface area contributed by atoms with E-state index in [-0.39, 0.29) is 34.0 Å². The Kier molecular flexibility index (Phi) is 6.57. The number of benzene rings is 1. The van der Waals surface area contributed by atoms with Crippen LogP contribution in [0.15, 0.2) is 27.5 Å². The molecule has 1 aliphatic rings. The molecular formula is C18H24ClN5O4S. The number of carbonyl (C=O) groups is 1. The largest absolute Gasteiger partial charge is 0.424 e. The fourth-order valence-corrected chi connectivity index (χ4v) is 4.34. The third kappa shape index (κ3) is 4.95. The van der Waals surface area contributed by atoms with Crippen molar-refractivity contribution >= 4 is 33.2 Å². The van der Waals surface area contributed by atoms with Crippen LogP contribution < -0.4 is 5.32 Å². The summed E-state index contributed by atoms with van der Waals surface area (Å²) in [6.45, 7) is 3.11. The standard InChI is InChI=1S/C18H24ClN5O4S/c1-12-21-22-18(28-12)16-5-4-9-24(16)10-8-17(25)20-15-11-13(6-7-14(15)19)29(26,27)23(2)3/h6-7,11,16H,4-5,8-10H2,1-3H3,(H,20,25)/t16-/m1/s1. The maximum Gasteiger partial charge on any atom is 0.242 e. The van der Waals surface area contributed by atoms with E-state index in [0.717, 1.165) is 23.7 Å². The lowest BCUT2D eigenvalue weighted by molar-refractivity contribution is -0.116. The van der Waals surface area contributed by atoms with Crippen LogP contribution in [-0.4, -0.2) is 60.9 Å². The zero-order valence-corrected chi connectivity index (χ0v) is 18.1. The van der Waals surface area contributed by atoms with Gasteiger partial charge in [0.1, 0.15) is 0 Å². The molecule has 1 aliphatic heterocycles. The Morgan fingerprint density at radius 2 is 2.14 bits per heavy atom. The summed E-state index contributed by atoms with van der Waals surface area (Å²) in [6.07, 6.45) is 2.12. The molecule has 3 rings (SSSR count). The Hall–Kier alpha value is -2.01. The van der Waals surface area contributed by atoms with E-state index >= 15 is 0 Å². The van der Waals surface area contributed by atoms with Crippen LogP contribution in [0.25, 0.3) is 0 Å². The average Bonchev–Trinajstić information content (AvgIpc) is 3.30. The third-order valence-corrected chi connectivity index (χ3v) is 6.95. The van der Waals surface area contributed by atoms with Crippen molar-refractivity contribution < 1.29 is 17.6 Å². The van der Waals surface area contributed by atoms with E-state index in [2.05, 4.69) is 20.4 Å². The normalized spacial score (nSPS) is 17.8. The summed E-state index contributed by atoms with van der Waals surface area (Å²) in [4.78, 5) is 14.7. The Balaban J connectivity index is 1.64. The number of aromatic nitrogens is 2. The second-order valence-electron chi connectivity index (χ2n) is 7.08. The molecule has 0 aliphatic carbocycles. The molecule has 1 aromatic carbocycles. The monoisotopic (exact) mass is 441 g/mol. The summed E-state index contributed by atoms with van der Waals surface area (Å²) in [7, 11) is -0.733. The van der Waals surface area contributed by atoms with Crippen molar-refractivity contribution in [3.05, 3.63) is 35.0 Å². The molecule has 1 fully saturated rings. The summed E-state index contributed by atoms with van der Waals surface area (Å²) in [5.74, 6) is 0.843. The summed E-state index contributed by atoms with van der Waals surface area (Å²) in [5, 5.41) is 11.0. The van der Waals surface area contributed by atoms with E-state index in [1.807, 2.05) is 0 Å². The van der Waals surface area contributed by atoms with Gasteiger partial charge >= 0.3 is 0 Å². The summed E-state index contributed by atoms with van der Waals surface area (Å²) >= 11 is 6.14.